The fourth-order valence-electron chi connectivity index (χ4n) is 3.49. The molecule has 0 fully saturated rings. The highest BCUT2D eigenvalue weighted by Crippen LogP contribution is 2.34. The lowest BCUT2D eigenvalue weighted by atomic mass is 10.1. The summed E-state index contributed by atoms with van der Waals surface area (Å²) in [6, 6.07) is 14.2. The zero-order chi connectivity index (χ0) is 29.0. The Morgan fingerprint density at radius 3 is 2.52 bits per heavy atom. The number of aromatic nitrogens is 1. The van der Waals surface area contributed by atoms with Gasteiger partial charge in [-0.15, -0.1) is 0 Å². The molecule has 40 heavy (non-hydrogen) atoms. The van der Waals surface area contributed by atoms with Crippen LogP contribution in [0.15, 0.2) is 76.8 Å². The number of carboxylic acid groups (broad SMARTS) is 1. The van der Waals surface area contributed by atoms with E-state index in [2.05, 4.69) is 33.3 Å². The molecule has 11 heteroatoms. The second kappa shape index (κ2) is 14.6. The number of nitrogens with one attached hydrogen (secondary N) is 1. The molecular formula is C29H29N3O7S. The van der Waals surface area contributed by atoms with E-state index < -0.39 is 16.0 Å². The van der Waals surface area contributed by atoms with Crippen LogP contribution in [-0.2, 0) is 24.2 Å². The first-order chi connectivity index (χ1) is 19.3. The Kier molecular flexibility index (Phi) is 11.0. The van der Waals surface area contributed by atoms with Crippen molar-refractivity contribution in [2.45, 2.75) is 11.8 Å². The van der Waals surface area contributed by atoms with Crippen molar-refractivity contribution in [3.63, 3.8) is 0 Å². The van der Waals surface area contributed by atoms with Gasteiger partial charge in [0.1, 0.15) is 23.0 Å². The van der Waals surface area contributed by atoms with Crippen LogP contribution in [0.1, 0.15) is 34.1 Å². The van der Waals surface area contributed by atoms with Crippen molar-refractivity contribution in [1.29, 1.82) is 0 Å². The fraction of sp³-hybridized carbons (Fsp3) is 0.207. The predicted octanol–water partition coefficient (Wildman–Crippen LogP) is 4.35. The SMILES string of the molecule is C=Nc1c(/C(=C\C)OCCOCCOC)cccc1S(=O)(=O)Nc1ccccc1C#Cc1ccc(C(=O)O)nc1. The maximum absolute atomic E-state index is 13.5. The Labute approximate surface area is 233 Å². The number of methoxy groups -OCH3 is 1. The minimum Gasteiger partial charge on any atom is -0.491 e. The summed E-state index contributed by atoms with van der Waals surface area (Å²) in [4.78, 5) is 18.8. The maximum Gasteiger partial charge on any atom is 0.354 e. The van der Waals surface area contributed by atoms with Crippen LogP contribution >= 0.6 is 0 Å². The lowest BCUT2D eigenvalue weighted by molar-refractivity contribution is 0.0497. The minimum atomic E-state index is -4.13. The number of ether oxygens (including phenoxy) is 3. The molecule has 1 aromatic heterocycles. The number of rotatable bonds is 13. The van der Waals surface area contributed by atoms with Crippen molar-refractivity contribution in [2.75, 3.05) is 38.3 Å². The molecule has 0 aliphatic rings. The average molecular weight is 564 g/mol. The van der Waals surface area contributed by atoms with E-state index >= 15 is 0 Å². The second-order valence-electron chi connectivity index (χ2n) is 8.06. The highest BCUT2D eigenvalue weighted by atomic mass is 32.2. The quantitative estimate of drug-likeness (QED) is 0.136. The van der Waals surface area contributed by atoms with E-state index in [4.69, 9.17) is 19.3 Å². The van der Waals surface area contributed by atoms with Gasteiger partial charge in [-0.25, -0.2) is 18.2 Å². The van der Waals surface area contributed by atoms with Crippen molar-refractivity contribution in [3.05, 3.63) is 89.3 Å². The van der Waals surface area contributed by atoms with Gasteiger partial charge in [-0.3, -0.25) is 9.71 Å². The molecule has 0 amide bonds. The number of pyridine rings is 1. The van der Waals surface area contributed by atoms with Gasteiger partial charge in [0, 0.05) is 30.0 Å². The third-order valence-corrected chi connectivity index (χ3v) is 6.78. The van der Waals surface area contributed by atoms with Crippen molar-refractivity contribution in [3.8, 4) is 11.8 Å². The molecule has 208 valence electrons. The molecule has 2 N–H and O–H groups in total. The van der Waals surface area contributed by atoms with Crippen molar-refractivity contribution < 1.29 is 32.5 Å². The number of aromatic carboxylic acids is 1. The van der Waals surface area contributed by atoms with Gasteiger partial charge in [0.25, 0.3) is 10.0 Å². The number of aliphatic imine (C=N–C) groups is 1. The van der Waals surface area contributed by atoms with Crippen LogP contribution < -0.4 is 4.72 Å². The van der Waals surface area contributed by atoms with Gasteiger partial charge >= 0.3 is 5.97 Å². The second-order valence-corrected chi connectivity index (χ2v) is 9.71. The topological polar surface area (TPSA) is 136 Å². The van der Waals surface area contributed by atoms with E-state index in [1.54, 1.807) is 56.5 Å². The molecule has 3 aromatic rings. The van der Waals surface area contributed by atoms with E-state index in [1.165, 1.54) is 24.4 Å². The van der Waals surface area contributed by atoms with Crippen molar-refractivity contribution in [2.24, 2.45) is 4.99 Å². The molecule has 0 saturated carbocycles. The number of carboxylic acids is 1. The predicted molar refractivity (Wildman–Crippen MR) is 152 cm³/mol. The molecular weight excluding hydrogens is 534 g/mol. The van der Waals surface area contributed by atoms with Gasteiger partial charge in [0.2, 0.25) is 0 Å². The molecule has 1 heterocycles. The Morgan fingerprint density at radius 1 is 1.07 bits per heavy atom. The molecule has 0 aliphatic heterocycles. The van der Waals surface area contributed by atoms with Crippen LogP contribution in [0, 0.1) is 11.8 Å². The van der Waals surface area contributed by atoms with Crippen molar-refractivity contribution in [1.82, 2.24) is 4.98 Å². The number of benzene rings is 2. The number of hydrogen-bond acceptors (Lipinski definition) is 8. The summed E-state index contributed by atoms with van der Waals surface area (Å²) >= 11 is 0. The van der Waals surface area contributed by atoms with E-state index in [0.717, 1.165) is 0 Å². The first-order valence-corrected chi connectivity index (χ1v) is 13.6. The molecule has 0 bridgehead atoms. The number of anilines is 1. The Morgan fingerprint density at radius 2 is 1.85 bits per heavy atom. The number of hydrogen-bond donors (Lipinski definition) is 2. The van der Waals surface area contributed by atoms with Crippen LogP contribution in [0.3, 0.4) is 0 Å². The number of allylic oxidation sites excluding steroid dienone is 1. The van der Waals surface area contributed by atoms with E-state index in [1.807, 2.05) is 0 Å². The summed E-state index contributed by atoms with van der Waals surface area (Å²) in [5, 5.41) is 9.00. The largest absolute Gasteiger partial charge is 0.491 e. The first kappa shape index (κ1) is 30.0. The van der Waals surface area contributed by atoms with E-state index in [-0.39, 0.29) is 28.6 Å². The molecule has 2 aromatic carbocycles. The van der Waals surface area contributed by atoms with Gasteiger partial charge in [-0.2, -0.15) is 0 Å². The van der Waals surface area contributed by atoms with Crippen LogP contribution in [0.5, 0.6) is 0 Å². The molecule has 0 saturated heterocycles. The lowest BCUT2D eigenvalue weighted by Gasteiger charge is -2.16. The summed E-state index contributed by atoms with van der Waals surface area (Å²) in [5.41, 5.74) is 1.62. The summed E-state index contributed by atoms with van der Waals surface area (Å²) < 4.78 is 45.8. The maximum atomic E-state index is 13.5. The monoisotopic (exact) mass is 563 g/mol. The van der Waals surface area contributed by atoms with Gasteiger partial charge in [0.05, 0.1) is 31.2 Å². The molecule has 3 rings (SSSR count). The molecule has 0 atom stereocenters. The Balaban J connectivity index is 1.85. The molecule has 10 nitrogen and oxygen atoms in total. The minimum absolute atomic E-state index is 0.0875. The number of para-hydroxylation sites is 2. The Hall–Kier alpha value is -4.50. The summed E-state index contributed by atoms with van der Waals surface area (Å²) in [7, 11) is -2.54. The van der Waals surface area contributed by atoms with E-state index in [9.17, 15) is 13.2 Å². The highest BCUT2D eigenvalue weighted by molar-refractivity contribution is 7.92. The number of nitrogens with zero attached hydrogens (tertiary/aromatic N) is 2. The van der Waals surface area contributed by atoms with Gasteiger partial charge in [-0.05, 0) is 56.1 Å². The third kappa shape index (κ3) is 8.00. The number of carbonyl (C=O) groups is 1. The average Bonchev–Trinajstić information content (AvgIpc) is 2.96. The lowest BCUT2D eigenvalue weighted by Crippen LogP contribution is -2.15. The van der Waals surface area contributed by atoms with Crippen LogP contribution in [0.2, 0.25) is 0 Å². The fourth-order valence-corrected chi connectivity index (χ4v) is 4.75. The zero-order valence-electron chi connectivity index (χ0n) is 22.1. The molecule has 0 unspecified atom stereocenters. The van der Waals surface area contributed by atoms with Crippen LogP contribution in [-0.4, -0.2) is 64.7 Å². The van der Waals surface area contributed by atoms with Crippen LogP contribution in [0.4, 0.5) is 11.4 Å². The van der Waals surface area contributed by atoms with Crippen molar-refractivity contribution >= 4 is 39.8 Å². The normalized spacial score (nSPS) is 11.3. The molecule has 0 radical (unpaired) electrons. The highest BCUT2D eigenvalue weighted by Gasteiger charge is 2.23. The van der Waals surface area contributed by atoms with Crippen LogP contribution in [0.25, 0.3) is 5.76 Å². The van der Waals surface area contributed by atoms with Gasteiger partial charge in [-0.1, -0.05) is 30.0 Å². The summed E-state index contributed by atoms with van der Waals surface area (Å²) in [6.45, 7) is 6.84. The molecule has 0 aliphatic carbocycles. The zero-order valence-corrected chi connectivity index (χ0v) is 22.9. The van der Waals surface area contributed by atoms with E-state index in [0.29, 0.717) is 42.3 Å². The third-order valence-electron chi connectivity index (χ3n) is 5.39. The first-order valence-electron chi connectivity index (χ1n) is 12.1. The summed E-state index contributed by atoms with van der Waals surface area (Å²) in [5.74, 6) is 5.08. The van der Waals surface area contributed by atoms with Gasteiger partial charge < -0.3 is 19.3 Å². The standard InChI is InChI=1S/C29H29N3O7S/c1-4-26(39-19-18-38-17-16-37-3)23-9-7-11-27(28(23)30-2)40(35,36)32-24-10-6-5-8-22(24)14-12-21-13-15-25(29(33)34)31-20-21/h4-11,13,15,20,32H,2,16-19H2,1,3H3,(H,33,34)/b26-4+. The number of sulfonamides is 1. The van der Waals surface area contributed by atoms with Gasteiger partial charge in [0.15, 0.2) is 0 Å². The molecule has 0 spiro atoms. The Bertz CT molecular complexity index is 1540. The smallest absolute Gasteiger partial charge is 0.354 e. The summed E-state index contributed by atoms with van der Waals surface area (Å²) in [6.07, 6.45) is 3.05.